The largest absolute Gasteiger partial charge is 0.353 e. The van der Waals surface area contributed by atoms with E-state index in [4.69, 9.17) is 9.97 Å². The predicted molar refractivity (Wildman–Crippen MR) is 105 cm³/mol. The Bertz CT molecular complexity index is 795. The molecule has 2 heterocycles. The van der Waals surface area contributed by atoms with Crippen molar-refractivity contribution in [2.75, 3.05) is 31.1 Å². The first kappa shape index (κ1) is 18.4. The third-order valence-corrected chi connectivity index (χ3v) is 5.01. The summed E-state index contributed by atoms with van der Waals surface area (Å²) < 4.78 is 0. The Morgan fingerprint density at radius 2 is 1.85 bits per heavy atom. The van der Waals surface area contributed by atoms with Crippen LogP contribution in [0.5, 0.6) is 0 Å². The molecule has 1 saturated heterocycles. The van der Waals surface area contributed by atoms with Crippen molar-refractivity contribution in [3.8, 4) is 0 Å². The highest BCUT2D eigenvalue weighted by atomic mass is 16.2. The lowest BCUT2D eigenvalue weighted by Gasteiger charge is -2.36. The number of amides is 1. The first-order valence-electron chi connectivity index (χ1n) is 9.40. The highest BCUT2D eigenvalue weighted by Gasteiger charge is 2.23. The fraction of sp³-hybridized carbons (Fsp3) is 0.476. The van der Waals surface area contributed by atoms with E-state index in [1.54, 1.807) is 6.92 Å². The molecule has 1 aromatic heterocycles. The van der Waals surface area contributed by atoms with Crippen molar-refractivity contribution in [3.05, 3.63) is 52.5 Å². The van der Waals surface area contributed by atoms with Gasteiger partial charge in [-0.3, -0.25) is 4.79 Å². The molecule has 0 aliphatic carbocycles. The Morgan fingerprint density at radius 1 is 1.12 bits per heavy atom. The van der Waals surface area contributed by atoms with Crippen LogP contribution in [0.4, 0.5) is 5.82 Å². The van der Waals surface area contributed by atoms with Crippen molar-refractivity contribution in [2.24, 2.45) is 0 Å². The van der Waals surface area contributed by atoms with Crippen molar-refractivity contribution in [3.63, 3.8) is 0 Å². The van der Waals surface area contributed by atoms with Gasteiger partial charge in [-0.15, -0.1) is 0 Å². The number of benzene rings is 1. The molecule has 1 aliphatic rings. The number of nitrogens with zero attached hydrogens (tertiary/aromatic N) is 4. The molecule has 5 nitrogen and oxygen atoms in total. The average Bonchev–Trinajstić information content (AvgIpc) is 2.63. The lowest BCUT2D eigenvalue weighted by Crippen LogP contribution is -2.48. The smallest absolute Gasteiger partial charge is 0.219 e. The molecule has 0 saturated carbocycles. The van der Waals surface area contributed by atoms with E-state index in [0.29, 0.717) is 0 Å². The van der Waals surface area contributed by atoms with Crippen molar-refractivity contribution in [2.45, 2.75) is 40.5 Å². The molecule has 1 aromatic carbocycles. The molecule has 0 spiro atoms. The summed E-state index contributed by atoms with van der Waals surface area (Å²) in [4.78, 5) is 25.4. The monoisotopic (exact) mass is 352 g/mol. The molecular formula is C21H28N4O. The van der Waals surface area contributed by atoms with Gasteiger partial charge in [0, 0.05) is 50.8 Å². The van der Waals surface area contributed by atoms with Gasteiger partial charge in [0.15, 0.2) is 0 Å². The van der Waals surface area contributed by atoms with Crippen LogP contribution in [0.3, 0.4) is 0 Å². The predicted octanol–water partition coefficient (Wildman–Crippen LogP) is 2.92. The van der Waals surface area contributed by atoms with E-state index in [0.717, 1.165) is 56.4 Å². The third-order valence-electron chi connectivity index (χ3n) is 5.01. The normalized spacial score (nSPS) is 14.6. The zero-order valence-electron chi connectivity index (χ0n) is 16.2. The van der Waals surface area contributed by atoms with Crippen LogP contribution in [0.15, 0.2) is 24.3 Å². The number of rotatable bonds is 4. The summed E-state index contributed by atoms with van der Waals surface area (Å²) in [6.07, 6.45) is 1.73. The molecule has 0 radical (unpaired) electrons. The van der Waals surface area contributed by atoms with Gasteiger partial charge < -0.3 is 9.80 Å². The lowest BCUT2D eigenvalue weighted by atomic mass is 10.0. The van der Waals surface area contributed by atoms with Crippen molar-refractivity contribution in [1.82, 2.24) is 14.9 Å². The standard InChI is InChI=1S/C21H28N4O/c1-5-20-19(14-18-8-6-7-15(2)13-18)21(23-16(3)22-20)25-11-9-24(10-12-25)17(4)26/h6-8,13H,5,9-12,14H2,1-4H3. The zero-order valence-corrected chi connectivity index (χ0v) is 16.2. The molecular weight excluding hydrogens is 324 g/mol. The number of carbonyl (C=O) groups excluding carboxylic acids is 1. The first-order chi connectivity index (χ1) is 12.5. The van der Waals surface area contributed by atoms with Gasteiger partial charge in [-0.2, -0.15) is 0 Å². The number of hydrogen-bond donors (Lipinski definition) is 0. The van der Waals surface area contributed by atoms with E-state index >= 15 is 0 Å². The van der Waals surface area contributed by atoms with Crippen LogP contribution in [0.25, 0.3) is 0 Å². The molecule has 2 aromatic rings. The molecule has 1 aliphatic heterocycles. The molecule has 138 valence electrons. The topological polar surface area (TPSA) is 49.3 Å². The zero-order chi connectivity index (χ0) is 18.7. The van der Waals surface area contributed by atoms with Crippen LogP contribution in [-0.2, 0) is 17.6 Å². The van der Waals surface area contributed by atoms with Crippen LogP contribution >= 0.6 is 0 Å². The minimum absolute atomic E-state index is 0.151. The Kier molecular flexibility index (Phi) is 5.55. The quantitative estimate of drug-likeness (QED) is 0.849. The summed E-state index contributed by atoms with van der Waals surface area (Å²) in [6.45, 7) is 11.0. The fourth-order valence-corrected chi connectivity index (χ4v) is 3.63. The van der Waals surface area contributed by atoms with Crippen LogP contribution < -0.4 is 4.90 Å². The highest BCUT2D eigenvalue weighted by Crippen LogP contribution is 2.26. The second-order valence-electron chi connectivity index (χ2n) is 7.03. The van der Waals surface area contributed by atoms with Gasteiger partial charge in [-0.25, -0.2) is 9.97 Å². The van der Waals surface area contributed by atoms with E-state index in [1.165, 1.54) is 16.7 Å². The highest BCUT2D eigenvalue weighted by molar-refractivity contribution is 5.73. The Labute approximate surface area is 156 Å². The summed E-state index contributed by atoms with van der Waals surface area (Å²) in [5.74, 6) is 2.01. The number of aryl methyl sites for hydroxylation is 3. The molecule has 0 atom stereocenters. The van der Waals surface area contributed by atoms with Gasteiger partial charge in [-0.05, 0) is 25.8 Å². The van der Waals surface area contributed by atoms with E-state index in [1.807, 2.05) is 11.8 Å². The number of piperazine rings is 1. The van der Waals surface area contributed by atoms with Crippen molar-refractivity contribution in [1.29, 1.82) is 0 Å². The maximum Gasteiger partial charge on any atom is 0.219 e. The maximum atomic E-state index is 11.6. The number of aromatic nitrogens is 2. The van der Waals surface area contributed by atoms with Crippen LogP contribution in [-0.4, -0.2) is 47.0 Å². The van der Waals surface area contributed by atoms with Gasteiger partial charge in [0.1, 0.15) is 11.6 Å². The van der Waals surface area contributed by atoms with Gasteiger partial charge >= 0.3 is 0 Å². The van der Waals surface area contributed by atoms with E-state index in [-0.39, 0.29) is 5.91 Å². The Balaban J connectivity index is 1.94. The fourth-order valence-electron chi connectivity index (χ4n) is 3.63. The van der Waals surface area contributed by atoms with Crippen LogP contribution in [0, 0.1) is 13.8 Å². The Morgan fingerprint density at radius 3 is 2.46 bits per heavy atom. The number of anilines is 1. The summed E-state index contributed by atoms with van der Waals surface area (Å²) in [5.41, 5.74) is 4.91. The summed E-state index contributed by atoms with van der Waals surface area (Å²) in [6, 6.07) is 8.63. The molecule has 1 fully saturated rings. The summed E-state index contributed by atoms with van der Waals surface area (Å²) in [7, 11) is 0. The van der Waals surface area contributed by atoms with Gasteiger partial charge in [0.25, 0.3) is 0 Å². The average molecular weight is 352 g/mol. The second-order valence-corrected chi connectivity index (χ2v) is 7.03. The van der Waals surface area contributed by atoms with Crippen molar-refractivity contribution < 1.29 is 4.79 Å². The second kappa shape index (κ2) is 7.85. The van der Waals surface area contributed by atoms with Gasteiger partial charge in [0.2, 0.25) is 5.91 Å². The third kappa shape index (κ3) is 4.03. The number of carbonyl (C=O) groups is 1. The minimum Gasteiger partial charge on any atom is -0.353 e. The van der Waals surface area contributed by atoms with E-state index < -0.39 is 0 Å². The molecule has 0 bridgehead atoms. The number of hydrogen-bond acceptors (Lipinski definition) is 4. The molecule has 0 N–H and O–H groups in total. The van der Waals surface area contributed by atoms with Crippen LogP contribution in [0.1, 0.15) is 42.1 Å². The van der Waals surface area contributed by atoms with Crippen molar-refractivity contribution >= 4 is 11.7 Å². The molecule has 5 heteroatoms. The molecule has 26 heavy (non-hydrogen) atoms. The molecule has 3 rings (SSSR count). The van der Waals surface area contributed by atoms with E-state index in [9.17, 15) is 4.79 Å². The first-order valence-corrected chi connectivity index (χ1v) is 9.40. The molecule has 1 amide bonds. The van der Waals surface area contributed by atoms with Crippen LogP contribution in [0.2, 0.25) is 0 Å². The van der Waals surface area contributed by atoms with Gasteiger partial charge in [0.05, 0.1) is 0 Å². The van der Waals surface area contributed by atoms with E-state index in [2.05, 4.69) is 43.0 Å². The van der Waals surface area contributed by atoms with Gasteiger partial charge in [-0.1, -0.05) is 36.8 Å². The molecule has 0 unspecified atom stereocenters. The lowest BCUT2D eigenvalue weighted by molar-refractivity contribution is -0.129. The summed E-state index contributed by atoms with van der Waals surface area (Å²) >= 11 is 0. The minimum atomic E-state index is 0.151. The SMILES string of the molecule is CCc1nc(C)nc(N2CCN(C(C)=O)CC2)c1Cc1cccc(C)c1. The maximum absolute atomic E-state index is 11.6. The summed E-state index contributed by atoms with van der Waals surface area (Å²) in [5, 5.41) is 0. The Hall–Kier alpha value is -2.43.